The number of rotatable bonds is 9. The van der Waals surface area contributed by atoms with Crippen molar-refractivity contribution in [3.63, 3.8) is 0 Å². The van der Waals surface area contributed by atoms with Crippen LogP contribution in [0.2, 0.25) is 10.0 Å². The molecule has 6 rings (SSSR count). The molecule has 6 aromatic rings. The molecule has 2 heterocycles. The fraction of sp³-hybridized carbons (Fsp3) is 0. The van der Waals surface area contributed by atoms with Gasteiger partial charge in [0.2, 0.25) is 5.09 Å². The van der Waals surface area contributed by atoms with E-state index in [1.54, 1.807) is 29.0 Å². The fourth-order valence-electron chi connectivity index (χ4n) is 3.71. The van der Waals surface area contributed by atoms with E-state index in [9.17, 15) is 4.21 Å². The molecular formula is C28H18Cl2N2O3S4. The van der Waals surface area contributed by atoms with Crippen LogP contribution in [0.3, 0.4) is 0 Å². The summed E-state index contributed by atoms with van der Waals surface area (Å²) in [6, 6.07) is 30.3. The van der Waals surface area contributed by atoms with Gasteiger partial charge >= 0.3 is 0 Å². The van der Waals surface area contributed by atoms with Crippen molar-refractivity contribution in [1.29, 1.82) is 0 Å². The Hall–Kier alpha value is -2.66. The van der Waals surface area contributed by atoms with Crippen molar-refractivity contribution >= 4 is 101 Å². The Labute approximate surface area is 249 Å². The van der Waals surface area contributed by atoms with Gasteiger partial charge in [-0.15, -0.1) is 0 Å². The lowest BCUT2D eigenvalue weighted by atomic mass is 10.3. The molecule has 0 spiro atoms. The zero-order valence-corrected chi connectivity index (χ0v) is 24.6. The highest BCUT2D eigenvalue weighted by Gasteiger charge is 2.15. The average molecular weight is 630 g/mol. The molecule has 5 nitrogen and oxygen atoms in total. The summed E-state index contributed by atoms with van der Waals surface area (Å²) in [6.45, 7) is 0. The van der Waals surface area contributed by atoms with Crippen LogP contribution in [0, 0.1) is 0 Å². The Morgan fingerprint density at radius 2 is 1.26 bits per heavy atom. The number of benzene rings is 4. The minimum atomic E-state index is -1.61. The highest BCUT2D eigenvalue weighted by molar-refractivity contribution is 8.76. The van der Waals surface area contributed by atoms with Gasteiger partial charge in [-0.1, -0.05) is 81.2 Å². The zero-order chi connectivity index (χ0) is 26.8. The Bertz CT molecular complexity index is 1760. The number of hydrogen-bond acceptors (Lipinski definition) is 7. The van der Waals surface area contributed by atoms with E-state index in [1.165, 1.54) is 22.7 Å². The molecule has 0 bridgehead atoms. The number of anilines is 2. The molecule has 2 N–H and O–H groups in total. The van der Waals surface area contributed by atoms with Crippen LogP contribution in [0.1, 0.15) is 0 Å². The lowest BCUT2D eigenvalue weighted by Crippen LogP contribution is -2.04. The zero-order valence-electron chi connectivity index (χ0n) is 19.9. The SMILES string of the molecule is O=S(Nc1cc(Cl)ccc1SSc1ccc(Cl)cc1NSc1cc2ccccc2o1)c1cc2ccccc2o1. The second-order valence-corrected chi connectivity index (χ2v) is 13.3. The number of fused-ring (bicyclic) bond motifs is 2. The molecule has 1 atom stereocenters. The Kier molecular flexibility index (Phi) is 8.06. The largest absolute Gasteiger partial charge is 0.448 e. The standard InChI is InChI=1S/C28H18Cl2N2O3S4/c29-19-9-11-25(21(15-19)31-36-27-13-17-5-1-3-7-23(17)34-27)37-38-26-12-10-20(30)16-22(26)32-39(33)28-14-18-6-2-4-8-24(18)35-28/h1-16,31-32H. The Morgan fingerprint density at radius 1 is 0.667 bits per heavy atom. The molecule has 0 amide bonds. The summed E-state index contributed by atoms with van der Waals surface area (Å²) < 4.78 is 31.2. The molecule has 0 radical (unpaired) electrons. The first kappa shape index (κ1) is 26.6. The molecule has 2 aromatic heterocycles. The van der Waals surface area contributed by atoms with E-state index in [2.05, 4.69) is 9.44 Å². The molecule has 0 saturated heterocycles. The second-order valence-electron chi connectivity index (χ2n) is 8.23. The fourth-order valence-corrected chi connectivity index (χ4v) is 7.99. The first-order valence-corrected chi connectivity index (χ1v) is 16.4. The number of nitrogens with one attached hydrogen (secondary N) is 2. The third kappa shape index (κ3) is 6.24. The van der Waals surface area contributed by atoms with Crippen LogP contribution in [-0.4, -0.2) is 4.21 Å². The quantitative estimate of drug-likeness (QED) is 0.122. The van der Waals surface area contributed by atoms with Gasteiger partial charge in [0, 0.05) is 54.7 Å². The van der Waals surface area contributed by atoms with Crippen LogP contribution in [0.4, 0.5) is 11.4 Å². The minimum Gasteiger partial charge on any atom is -0.448 e. The van der Waals surface area contributed by atoms with Gasteiger partial charge in [-0.3, -0.25) is 4.72 Å². The first-order chi connectivity index (χ1) is 19.0. The van der Waals surface area contributed by atoms with Crippen molar-refractivity contribution in [1.82, 2.24) is 0 Å². The topological polar surface area (TPSA) is 67.4 Å². The number of hydrogen-bond donors (Lipinski definition) is 2. The van der Waals surface area contributed by atoms with E-state index in [-0.39, 0.29) is 0 Å². The van der Waals surface area contributed by atoms with Crippen molar-refractivity contribution in [3.05, 3.63) is 107 Å². The van der Waals surface area contributed by atoms with Gasteiger partial charge in [-0.05, 0) is 48.5 Å². The van der Waals surface area contributed by atoms with Gasteiger partial charge in [-0.2, -0.15) is 0 Å². The molecule has 1 unspecified atom stereocenters. The maximum absolute atomic E-state index is 13.1. The number of furan rings is 2. The van der Waals surface area contributed by atoms with Gasteiger partial charge in [0.05, 0.1) is 11.4 Å². The Morgan fingerprint density at radius 3 is 1.92 bits per heavy atom. The lowest BCUT2D eigenvalue weighted by molar-refractivity contribution is 0.504. The van der Waals surface area contributed by atoms with Crippen LogP contribution in [0.15, 0.2) is 126 Å². The number of para-hydroxylation sites is 2. The highest BCUT2D eigenvalue weighted by Crippen LogP contribution is 2.46. The summed E-state index contributed by atoms with van der Waals surface area (Å²) in [5.41, 5.74) is 3.00. The van der Waals surface area contributed by atoms with Gasteiger partial charge in [-0.25, -0.2) is 4.21 Å². The van der Waals surface area contributed by atoms with Crippen molar-refractivity contribution in [3.8, 4) is 0 Å². The third-order valence-electron chi connectivity index (χ3n) is 5.56. The van der Waals surface area contributed by atoms with E-state index in [1.807, 2.05) is 78.9 Å². The predicted octanol–water partition coefficient (Wildman–Crippen LogP) is 10.5. The van der Waals surface area contributed by atoms with Crippen molar-refractivity contribution in [2.24, 2.45) is 0 Å². The summed E-state index contributed by atoms with van der Waals surface area (Å²) in [7, 11) is 1.44. The smallest absolute Gasteiger partial charge is 0.212 e. The summed E-state index contributed by atoms with van der Waals surface area (Å²) in [4.78, 5) is 1.83. The normalized spacial score (nSPS) is 12.2. The molecule has 39 heavy (non-hydrogen) atoms. The monoisotopic (exact) mass is 628 g/mol. The van der Waals surface area contributed by atoms with E-state index >= 15 is 0 Å². The van der Waals surface area contributed by atoms with Crippen LogP contribution in [0.25, 0.3) is 21.9 Å². The van der Waals surface area contributed by atoms with E-state index in [0.29, 0.717) is 26.4 Å². The molecule has 196 valence electrons. The molecule has 0 aliphatic rings. The van der Waals surface area contributed by atoms with Crippen molar-refractivity contribution in [2.45, 2.75) is 20.0 Å². The molecule has 4 aromatic carbocycles. The Balaban J connectivity index is 1.18. The molecule has 11 heteroatoms. The van der Waals surface area contributed by atoms with Crippen LogP contribution in [0.5, 0.6) is 0 Å². The summed E-state index contributed by atoms with van der Waals surface area (Å²) in [5.74, 6) is 0. The summed E-state index contributed by atoms with van der Waals surface area (Å²) in [6.07, 6.45) is 0. The van der Waals surface area contributed by atoms with E-state index < -0.39 is 11.0 Å². The first-order valence-electron chi connectivity index (χ1n) is 11.5. The third-order valence-corrected chi connectivity index (χ3v) is 10.2. The van der Waals surface area contributed by atoms with Crippen LogP contribution >= 0.6 is 56.7 Å². The second kappa shape index (κ2) is 11.8. The van der Waals surface area contributed by atoms with Crippen LogP contribution in [-0.2, 0) is 11.0 Å². The van der Waals surface area contributed by atoms with E-state index in [0.717, 1.165) is 36.9 Å². The van der Waals surface area contributed by atoms with Crippen LogP contribution < -0.4 is 9.44 Å². The van der Waals surface area contributed by atoms with Crippen molar-refractivity contribution < 1.29 is 13.0 Å². The van der Waals surface area contributed by atoms with Gasteiger partial charge < -0.3 is 13.6 Å². The van der Waals surface area contributed by atoms with Crippen molar-refractivity contribution in [2.75, 3.05) is 9.44 Å². The highest BCUT2D eigenvalue weighted by atomic mass is 35.5. The maximum Gasteiger partial charge on any atom is 0.212 e. The van der Waals surface area contributed by atoms with Gasteiger partial charge in [0.15, 0.2) is 16.1 Å². The minimum absolute atomic E-state index is 0.339. The summed E-state index contributed by atoms with van der Waals surface area (Å²) >= 11 is 14.0. The van der Waals surface area contributed by atoms with Gasteiger partial charge in [0.25, 0.3) is 0 Å². The molecule has 0 fully saturated rings. The molecule has 0 aliphatic heterocycles. The molecular weight excluding hydrogens is 611 g/mol. The number of halogens is 2. The predicted molar refractivity (Wildman–Crippen MR) is 167 cm³/mol. The maximum atomic E-state index is 13.1. The van der Waals surface area contributed by atoms with E-state index in [4.69, 9.17) is 32.0 Å². The molecule has 0 aliphatic carbocycles. The van der Waals surface area contributed by atoms with Gasteiger partial charge in [0.1, 0.15) is 11.2 Å². The lowest BCUT2D eigenvalue weighted by Gasteiger charge is -2.13. The average Bonchev–Trinajstić information content (AvgIpc) is 3.56. The summed E-state index contributed by atoms with van der Waals surface area (Å²) in [5, 5.41) is 4.17. The molecule has 0 saturated carbocycles.